The molecule has 0 unspecified atom stereocenters. The molecular formula is C18H20ClFN4O3. The summed E-state index contributed by atoms with van der Waals surface area (Å²) in [5.41, 5.74) is 0.973. The third-order valence-electron chi connectivity index (χ3n) is 4.57. The average molecular weight is 395 g/mol. The summed E-state index contributed by atoms with van der Waals surface area (Å²) < 4.78 is 14.6. The second-order valence-electron chi connectivity index (χ2n) is 6.44. The number of piperazine rings is 1. The Morgan fingerprint density at radius 3 is 2.59 bits per heavy atom. The number of carboxylic acids is 1. The van der Waals surface area contributed by atoms with Crippen LogP contribution in [0.4, 0.5) is 4.39 Å². The first-order chi connectivity index (χ1) is 12.9. The summed E-state index contributed by atoms with van der Waals surface area (Å²) in [6, 6.07) is 4.39. The van der Waals surface area contributed by atoms with E-state index in [0.717, 1.165) is 5.56 Å². The van der Waals surface area contributed by atoms with Gasteiger partial charge in [-0.2, -0.15) is 5.10 Å². The normalized spacial score (nSPS) is 15.1. The van der Waals surface area contributed by atoms with Crippen LogP contribution in [0.25, 0.3) is 0 Å². The van der Waals surface area contributed by atoms with Crippen LogP contribution in [0.3, 0.4) is 0 Å². The van der Waals surface area contributed by atoms with Crippen LogP contribution in [-0.2, 0) is 17.9 Å². The lowest BCUT2D eigenvalue weighted by Crippen LogP contribution is -2.48. The molecule has 1 saturated heterocycles. The molecule has 9 heteroatoms. The van der Waals surface area contributed by atoms with Crippen LogP contribution in [0.2, 0.25) is 5.02 Å². The van der Waals surface area contributed by atoms with Gasteiger partial charge in [0.05, 0.1) is 11.8 Å². The number of amides is 1. The number of carbonyl (C=O) groups excluding carboxylic acids is 1. The highest BCUT2D eigenvalue weighted by molar-refractivity contribution is 6.31. The van der Waals surface area contributed by atoms with E-state index in [0.29, 0.717) is 44.3 Å². The van der Waals surface area contributed by atoms with Gasteiger partial charge in [-0.05, 0) is 17.7 Å². The maximum absolute atomic E-state index is 13.1. The van der Waals surface area contributed by atoms with Gasteiger partial charge in [-0.1, -0.05) is 17.7 Å². The van der Waals surface area contributed by atoms with Crippen molar-refractivity contribution in [2.75, 3.05) is 26.2 Å². The molecule has 1 amide bonds. The molecule has 1 N–H and O–H groups in total. The molecule has 0 spiro atoms. The number of aryl methyl sites for hydroxylation is 1. The third-order valence-corrected chi connectivity index (χ3v) is 4.92. The van der Waals surface area contributed by atoms with Crippen LogP contribution < -0.4 is 0 Å². The summed E-state index contributed by atoms with van der Waals surface area (Å²) in [5.74, 6) is -1.38. The minimum absolute atomic E-state index is 0.0156. The lowest BCUT2D eigenvalue weighted by Gasteiger charge is -2.35. The molecule has 7 nitrogen and oxygen atoms in total. The van der Waals surface area contributed by atoms with Crippen LogP contribution in [0.5, 0.6) is 0 Å². The molecule has 1 aromatic carbocycles. The monoisotopic (exact) mass is 394 g/mol. The van der Waals surface area contributed by atoms with Crippen molar-refractivity contribution in [2.24, 2.45) is 0 Å². The molecule has 0 atom stereocenters. The van der Waals surface area contributed by atoms with Crippen LogP contribution >= 0.6 is 11.6 Å². The maximum atomic E-state index is 13.1. The number of hydrogen-bond donors (Lipinski definition) is 1. The molecule has 1 aliphatic heterocycles. The molecular weight excluding hydrogens is 375 g/mol. The van der Waals surface area contributed by atoms with Gasteiger partial charge in [-0.15, -0.1) is 0 Å². The van der Waals surface area contributed by atoms with Crippen molar-refractivity contribution in [2.45, 2.75) is 19.5 Å². The number of benzene rings is 1. The van der Waals surface area contributed by atoms with E-state index in [4.69, 9.17) is 16.7 Å². The molecule has 0 saturated carbocycles. The highest BCUT2D eigenvalue weighted by atomic mass is 35.5. The van der Waals surface area contributed by atoms with Crippen molar-refractivity contribution in [3.63, 3.8) is 0 Å². The third kappa shape index (κ3) is 5.05. The van der Waals surface area contributed by atoms with E-state index in [1.807, 2.05) is 0 Å². The topological polar surface area (TPSA) is 78.7 Å². The fourth-order valence-electron chi connectivity index (χ4n) is 3.01. The second kappa shape index (κ2) is 8.49. The number of hydrogen-bond acceptors (Lipinski definition) is 4. The Bertz CT molecular complexity index is 834. The molecule has 1 fully saturated rings. The number of aromatic nitrogens is 2. The first-order valence-electron chi connectivity index (χ1n) is 8.62. The van der Waals surface area contributed by atoms with E-state index >= 15 is 0 Å². The van der Waals surface area contributed by atoms with Gasteiger partial charge >= 0.3 is 5.97 Å². The van der Waals surface area contributed by atoms with E-state index < -0.39 is 5.97 Å². The van der Waals surface area contributed by atoms with E-state index in [-0.39, 0.29) is 23.7 Å². The molecule has 2 aromatic rings. The molecule has 3 rings (SSSR count). The smallest absolute Gasteiger partial charge is 0.338 e. The fraction of sp³-hybridized carbons (Fsp3) is 0.389. The van der Waals surface area contributed by atoms with Crippen molar-refractivity contribution in [3.05, 3.63) is 52.6 Å². The van der Waals surface area contributed by atoms with Gasteiger partial charge in [0.1, 0.15) is 5.82 Å². The summed E-state index contributed by atoms with van der Waals surface area (Å²) in [6.07, 6.45) is 2.96. The molecule has 1 aromatic heterocycles. The zero-order chi connectivity index (χ0) is 19.4. The molecule has 1 aliphatic rings. The van der Waals surface area contributed by atoms with Crippen molar-refractivity contribution in [3.8, 4) is 0 Å². The van der Waals surface area contributed by atoms with E-state index in [1.165, 1.54) is 29.2 Å². The minimum Gasteiger partial charge on any atom is -0.478 e. The van der Waals surface area contributed by atoms with Gasteiger partial charge in [0.25, 0.3) is 0 Å². The minimum atomic E-state index is -1.04. The summed E-state index contributed by atoms with van der Waals surface area (Å²) in [4.78, 5) is 27.2. The van der Waals surface area contributed by atoms with E-state index in [2.05, 4.69) is 10.00 Å². The fourth-order valence-corrected chi connectivity index (χ4v) is 3.24. The van der Waals surface area contributed by atoms with Crippen molar-refractivity contribution < 1.29 is 19.1 Å². The summed E-state index contributed by atoms with van der Waals surface area (Å²) >= 11 is 6.07. The second-order valence-corrected chi connectivity index (χ2v) is 6.85. The van der Waals surface area contributed by atoms with Crippen LogP contribution in [0, 0.1) is 5.82 Å². The zero-order valence-electron chi connectivity index (χ0n) is 14.6. The van der Waals surface area contributed by atoms with Crippen molar-refractivity contribution in [1.29, 1.82) is 0 Å². The zero-order valence-corrected chi connectivity index (χ0v) is 15.4. The van der Waals surface area contributed by atoms with E-state index in [9.17, 15) is 14.0 Å². The van der Waals surface area contributed by atoms with Crippen LogP contribution in [0.1, 0.15) is 22.3 Å². The van der Waals surface area contributed by atoms with Crippen LogP contribution in [0.15, 0.2) is 30.6 Å². The largest absolute Gasteiger partial charge is 0.478 e. The quantitative estimate of drug-likeness (QED) is 0.811. The van der Waals surface area contributed by atoms with Crippen molar-refractivity contribution in [1.82, 2.24) is 19.6 Å². The number of carboxylic acid groups (broad SMARTS) is 1. The number of nitrogens with zero attached hydrogens (tertiary/aromatic N) is 4. The Hall–Kier alpha value is -2.45. The number of carbonyl (C=O) groups is 2. The highest BCUT2D eigenvalue weighted by Crippen LogP contribution is 2.20. The molecule has 0 radical (unpaired) electrons. The molecule has 144 valence electrons. The van der Waals surface area contributed by atoms with E-state index in [1.54, 1.807) is 11.0 Å². The number of aromatic carboxylic acids is 1. The standard InChI is InChI=1S/C18H20ClFN4O3/c19-16-9-15(20)2-1-13(16)11-22-5-7-23(8-6-22)17(25)3-4-24-12-14(10-21-24)18(26)27/h1-2,9-10,12H,3-8,11H2,(H,26,27). The molecule has 27 heavy (non-hydrogen) atoms. The Labute approximate surface area is 160 Å². The molecule has 0 bridgehead atoms. The van der Waals surface area contributed by atoms with Gasteiger partial charge in [-0.3, -0.25) is 14.4 Å². The van der Waals surface area contributed by atoms with Gasteiger partial charge in [0, 0.05) is 56.9 Å². The highest BCUT2D eigenvalue weighted by Gasteiger charge is 2.21. The SMILES string of the molecule is O=C(O)c1cnn(CCC(=O)N2CCN(Cc3ccc(F)cc3Cl)CC2)c1. The molecule has 2 heterocycles. The molecule has 0 aliphatic carbocycles. The average Bonchev–Trinajstić information content (AvgIpc) is 3.12. The first-order valence-corrected chi connectivity index (χ1v) is 9.00. The van der Waals surface area contributed by atoms with Gasteiger partial charge in [0.15, 0.2) is 0 Å². The van der Waals surface area contributed by atoms with Crippen LogP contribution in [-0.4, -0.2) is 62.7 Å². The summed E-state index contributed by atoms with van der Waals surface area (Å²) in [7, 11) is 0. The predicted molar refractivity (Wildman–Crippen MR) is 97.1 cm³/mol. The van der Waals surface area contributed by atoms with Crippen molar-refractivity contribution >= 4 is 23.5 Å². The Balaban J connectivity index is 1.45. The maximum Gasteiger partial charge on any atom is 0.338 e. The lowest BCUT2D eigenvalue weighted by atomic mass is 10.2. The number of halogens is 2. The Morgan fingerprint density at radius 2 is 1.96 bits per heavy atom. The van der Waals surface area contributed by atoms with Gasteiger partial charge in [-0.25, -0.2) is 9.18 Å². The lowest BCUT2D eigenvalue weighted by molar-refractivity contribution is -0.133. The van der Waals surface area contributed by atoms with Gasteiger partial charge in [0.2, 0.25) is 5.91 Å². The predicted octanol–water partition coefficient (Wildman–Crippen LogP) is 2.11. The van der Waals surface area contributed by atoms with Gasteiger partial charge < -0.3 is 10.0 Å². The summed E-state index contributed by atoms with van der Waals surface area (Å²) in [5, 5.41) is 13.2. The number of rotatable bonds is 6. The Kier molecular flexibility index (Phi) is 6.08. The first kappa shape index (κ1) is 19.3. The summed E-state index contributed by atoms with van der Waals surface area (Å²) in [6.45, 7) is 3.60. The Morgan fingerprint density at radius 1 is 1.22 bits per heavy atom.